The highest BCUT2D eigenvalue weighted by Gasteiger charge is 2.33. The summed E-state index contributed by atoms with van der Waals surface area (Å²) in [6.45, 7) is 0. The maximum Gasteiger partial charge on any atom is 0.544 e. The number of carbonyl (C=O) groups is 1. The zero-order valence-electron chi connectivity index (χ0n) is 6.86. The van der Waals surface area contributed by atoms with Crippen molar-refractivity contribution in [2.45, 2.75) is 6.36 Å². The van der Waals surface area contributed by atoms with Gasteiger partial charge in [-0.1, -0.05) is 18.2 Å². The van der Waals surface area contributed by atoms with Gasteiger partial charge in [0, 0.05) is 0 Å². The molecule has 1 aromatic rings. The zero-order valence-corrected chi connectivity index (χ0v) is 6.86. The number of alkyl halides is 3. The molecule has 1 amide bonds. The van der Waals surface area contributed by atoms with Gasteiger partial charge in [0.05, 0.1) is 5.69 Å². The van der Waals surface area contributed by atoms with Crippen LogP contribution in [0.3, 0.4) is 0 Å². The summed E-state index contributed by atoms with van der Waals surface area (Å²) in [7, 11) is 0. The lowest BCUT2D eigenvalue weighted by Gasteiger charge is -2.17. The van der Waals surface area contributed by atoms with Crippen LogP contribution in [0, 0.1) is 0 Å². The summed E-state index contributed by atoms with van der Waals surface area (Å²) in [6.07, 6.45) is -4.93. The quantitative estimate of drug-likeness (QED) is 0.558. The molecule has 0 saturated carbocycles. The smallest absolute Gasteiger partial charge is 0.276 e. The van der Waals surface area contributed by atoms with Crippen LogP contribution >= 0.6 is 0 Å². The van der Waals surface area contributed by atoms with Gasteiger partial charge in [-0.05, 0) is 12.1 Å². The lowest BCUT2D eigenvalue weighted by molar-refractivity contribution is -0.326. The molecule has 1 rings (SSSR count). The Kier molecular flexibility index (Phi) is 3.08. The molecule has 0 saturated heterocycles. The predicted molar refractivity (Wildman–Crippen MR) is 42.1 cm³/mol. The van der Waals surface area contributed by atoms with E-state index in [2.05, 4.69) is 4.84 Å². The number of nitrogens with zero attached hydrogens (tertiary/aromatic N) is 1. The van der Waals surface area contributed by atoms with Crippen LogP contribution in [0.25, 0.3) is 0 Å². The summed E-state index contributed by atoms with van der Waals surface area (Å²) in [4.78, 5) is 13.7. The molecule has 0 bridgehead atoms. The largest absolute Gasteiger partial charge is 0.544 e. The van der Waals surface area contributed by atoms with E-state index in [1.54, 1.807) is 6.07 Å². The third-order valence-electron chi connectivity index (χ3n) is 1.31. The molecule has 0 N–H and O–H groups in total. The maximum absolute atomic E-state index is 11.8. The van der Waals surface area contributed by atoms with Crippen molar-refractivity contribution in [2.24, 2.45) is 0 Å². The fraction of sp³-hybridized carbons (Fsp3) is 0.125. The molecule has 0 radical (unpaired) electrons. The first-order chi connectivity index (χ1) is 6.53. The summed E-state index contributed by atoms with van der Waals surface area (Å²) >= 11 is 0. The molecule has 76 valence electrons. The van der Waals surface area contributed by atoms with Gasteiger partial charge in [0.2, 0.25) is 6.41 Å². The van der Waals surface area contributed by atoms with Gasteiger partial charge >= 0.3 is 6.36 Å². The minimum Gasteiger partial charge on any atom is -0.276 e. The van der Waals surface area contributed by atoms with Crippen LogP contribution in [-0.2, 0) is 9.63 Å². The zero-order chi connectivity index (χ0) is 10.6. The molecule has 0 aliphatic rings. The summed E-state index contributed by atoms with van der Waals surface area (Å²) < 4.78 is 35.3. The fourth-order valence-corrected chi connectivity index (χ4v) is 0.822. The molecule has 0 unspecified atom stereocenters. The van der Waals surface area contributed by atoms with Crippen LogP contribution in [0.15, 0.2) is 30.3 Å². The molecule has 0 heterocycles. The Hall–Kier alpha value is -1.56. The average molecular weight is 205 g/mol. The van der Waals surface area contributed by atoms with E-state index in [0.29, 0.717) is 0 Å². The van der Waals surface area contributed by atoms with Crippen molar-refractivity contribution < 1.29 is 22.8 Å². The third kappa shape index (κ3) is 3.06. The minimum absolute atomic E-state index is 0.0137. The van der Waals surface area contributed by atoms with Crippen LogP contribution in [0.4, 0.5) is 18.9 Å². The highest BCUT2D eigenvalue weighted by molar-refractivity contribution is 5.71. The predicted octanol–water partition coefficient (Wildman–Crippen LogP) is 2.10. The summed E-state index contributed by atoms with van der Waals surface area (Å²) in [5.41, 5.74) is 0.0137. The molecule has 0 aromatic heterocycles. The average Bonchev–Trinajstić information content (AvgIpc) is 2.14. The van der Waals surface area contributed by atoms with Gasteiger partial charge in [0.25, 0.3) is 0 Å². The van der Waals surface area contributed by atoms with Gasteiger partial charge < -0.3 is 0 Å². The number of halogens is 3. The minimum atomic E-state index is -4.88. The monoisotopic (exact) mass is 205 g/mol. The molecule has 1 aromatic carbocycles. The SMILES string of the molecule is O=CN(OC(F)(F)F)c1ccccc1. The maximum atomic E-state index is 11.8. The third-order valence-corrected chi connectivity index (χ3v) is 1.31. The van der Waals surface area contributed by atoms with E-state index < -0.39 is 6.36 Å². The molecule has 6 heteroatoms. The topological polar surface area (TPSA) is 29.5 Å². The van der Waals surface area contributed by atoms with Crippen LogP contribution in [-0.4, -0.2) is 12.8 Å². The highest BCUT2D eigenvalue weighted by Crippen LogP contribution is 2.21. The van der Waals surface area contributed by atoms with Crippen molar-refractivity contribution in [1.29, 1.82) is 0 Å². The molecule has 0 fully saturated rings. The summed E-state index contributed by atoms with van der Waals surface area (Å²) in [6, 6.07) is 7.23. The first-order valence-electron chi connectivity index (χ1n) is 3.58. The lowest BCUT2D eigenvalue weighted by atomic mass is 10.3. The Morgan fingerprint density at radius 2 is 1.79 bits per heavy atom. The van der Waals surface area contributed by atoms with Gasteiger partial charge in [-0.2, -0.15) is 9.90 Å². The van der Waals surface area contributed by atoms with Crippen molar-refractivity contribution in [3.8, 4) is 0 Å². The number of amides is 1. The number of hydrogen-bond acceptors (Lipinski definition) is 2. The van der Waals surface area contributed by atoms with E-state index in [0.717, 1.165) is 0 Å². The number of rotatable bonds is 3. The number of benzene rings is 1. The van der Waals surface area contributed by atoms with Gasteiger partial charge in [-0.3, -0.25) is 4.79 Å². The Balaban J connectivity index is 2.78. The molecule has 0 atom stereocenters. The lowest BCUT2D eigenvalue weighted by Crippen LogP contribution is -2.30. The molecule has 3 nitrogen and oxygen atoms in total. The molecule has 0 spiro atoms. The van der Waals surface area contributed by atoms with Gasteiger partial charge in [0.15, 0.2) is 0 Å². The molecule has 0 aliphatic carbocycles. The number of anilines is 1. The Labute approximate surface area is 77.6 Å². The normalized spacial score (nSPS) is 11.1. The van der Waals surface area contributed by atoms with Crippen molar-refractivity contribution in [3.63, 3.8) is 0 Å². The van der Waals surface area contributed by atoms with Crippen LogP contribution < -0.4 is 5.06 Å². The van der Waals surface area contributed by atoms with E-state index in [1.165, 1.54) is 24.3 Å². The van der Waals surface area contributed by atoms with Crippen molar-refractivity contribution >= 4 is 12.1 Å². The standard InChI is InChI=1S/C8H6F3NO2/c9-8(10,11)14-12(6-13)7-4-2-1-3-5-7/h1-6H. The summed E-state index contributed by atoms with van der Waals surface area (Å²) in [5, 5.41) is 0.111. The van der Waals surface area contributed by atoms with E-state index in [9.17, 15) is 18.0 Å². The fourth-order valence-electron chi connectivity index (χ4n) is 0.822. The van der Waals surface area contributed by atoms with E-state index in [1.807, 2.05) is 0 Å². The molecule has 0 aliphatic heterocycles. The second-order valence-corrected chi connectivity index (χ2v) is 2.30. The molecular formula is C8H6F3NO2. The first kappa shape index (κ1) is 10.5. The van der Waals surface area contributed by atoms with E-state index in [-0.39, 0.29) is 17.2 Å². The second kappa shape index (κ2) is 4.10. The van der Waals surface area contributed by atoms with E-state index in [4.69, 9.17) is 0 Å². The molecular weight excluding hydrogens is 199 g/mol. The Morgan fingerprint density at radius 3 is 2.21 bits per heavy atom. The van der Waals surface area contributed by atoms with E-state index >= 15 is 0 Å². The number of hydroxylamine groups is 1. The van der Waals surface area contributed by atoms with Crippen LogP contribution in [0.2, 0.25) is 0 Å². The van der Waals surface area contributed by atoms with Crippen molar-refractivity contribution in [1.82, 2.24) is 0 Å². The van der Waals surface area contributed by atoms with Gasteiger partial charge in [0.1, 0.15) is 0 Å². The molecule has 14 heavy (non-hydrogen) atoms. The van der Waals surface area contributed by atoms with Gasteiger partial charge in [-0.25, -0.2) is 0 Å². The van der Waals surface area contributed by atoms with Gasteiger partial charge in [-0.15, -0.1) is 13.2 Å². The first-order valence-corrected chi connectivity index (χ1v) is 3.58. The Morgan fingerprint density at radius 1 is 1.21 bits per heavy atom. The Bertz CT molecular complexity index is 299. The van der Waals surface area contributed by atoms with Crippen molar-refractivity contribution in [3.05, 3.63) is 30.3 Å². The number of carbonyl (C=O) groups excluding carboxylic acids is 1. The number of hydrogen-bond donors (Lipinski definition) is 0. The van der Waals surface area contributed by atoms with Crippen LogP contribution in [0.5, 0.6) is 0 Å². The highest BCUT2D eigenvalue weighted by atomic mass is 19.4. The summed E-state index contributed by atoms with van der Waals surface area (Å²) in [5.74, 6) is 0. The number of para-hydroxylation sites is 1. The second-order valence-electron chi connectivity index (χ2n) is 2.30. The van der Waals surface area contributed by atoms with Crippen LogP contribution in [0.1, 0.15) is 0 Å². The van der Waals surface area contributed by atoms with Crippen molar-refractivity contribution in [2.75, 3.05) is 5.06 Å².